The van der Waals surface area contributed by atoms with Crippen LogP contribution in [-0.2, 0) is 25.4 Å². The van der Waals surface area contributed by atoms with Gasteiger partial charge in [-0.3, -0.25) is 14.7 Å². The monoisotopic (exact) mass is 510 g/mol. The lowest BCUT2D eigenvalue weighted by Crippen LogP contribution is -2.45. The number of rotatable bonds is 12. The Labute approximate surface area is 214 Å². The summed E-state index contributed by atoms with van der Waals surface area (Å²) in [6, 6.07) is 17.2. The number of nitrogens with zero attached hydrogens (tertiary/aromatic N) is 2. The van der Waals surface area contributed by atoms with Crippen LogP contribution in [0.3, 0.4) is 0 Å². The van der Waals surface area contributed by atoms with Gasteiger partial charge >= 0.3 is 12.1 Å². The summed E-state index contributed by atoms with van der Waals surface area (Å²) in [6.07, 6.45) is 0.714. The molecule has 0 saturated carbocycles. The van der Waals surface area contributed by atoms with Gasteiger partial charge in [-0.05, 0) is 43.4 Å². The van der Waals surface area contributed by atoms with Crippen LogP contribution >= 0.6 is 0 Å². The van der Waals surface area contributed by atoms with E-state index in [1.165, 1.54) is 13.1 Å². The Kier molecular flexibility index (Phi) is 9.73. The predicted molar refractivity (Wildman–Crippen MR) is 132 cm³/mol. The van der Waals surface area contributed by atoms with Crippen molar-refractivity contribution in [1.29, 1.82) is 0 Å². The third-order valence-corrected chi connectivity index (χ3v) is 5.71. The molecule has 0 bridgehead atoms. The van der Waals surface area contributed by atoms with Gasteiger partial charge < -0.3 is 24.6 Å². The number of aliphatic hydroxyl groups excluding tert-OH is 1. The first-order valence-corrected chi connectivity index (χ1v) is 11.7. The molecule has 196 valence electrons. The molecule has 0 aliphatic heterocycles. The Balaban J connectivity index is 1.73. The molecule has 0 radical (unpaired) electrons. The van der Waals surface area contributed by atoms with Crippen molar-refractivity contribution in [2.24, 2.45) is 5.41 Å². The van der Waals surface area contributed by atoms with E-state index in [4.69, 9.17) is 4.74 Å². The Morgan fingerprint density at radius 3 is 2.35 bits per heavy atom. The first-order valence-electron chi connectivity index (χ1n) is 11.7. The summed E-state index contributed by atoms with van der Waals surface area (Å²) in [6.45, 7) is 2.01. The summed E-state index contributed by atoms with van der Waals surface area (Å²) in [7, 11) is 0. The fraction of sp³-hybridized carbons (Fsp3) is 0.346. The summed E-state index contributed by atoms with van der Waals surface area (Å²) in [5.41, 5.74) is 1.78. The largest absolute Gasteiger partial charge is 0.511 e. The summed E-state index contributed by atoms with van der Waals surface area (Å²) in [5.74, 6) is -1.25. The van der Waals surface area contributed by atoms with Crippen molar-refractivity contribution in [3.05, 3.63) is 72.1 Å². The van der Waals surface area contributed by atoms with Crippen molar-refractivity contribution in [1.82, 2.24) is 20.7 Å². The van der Waals surface area contributed by atoms with E-state index in [9.17, 15) is 19.5 Å². The fourth-order valence-electron chi connectivity index (χ4n) is 3.71. The van der Waals surface area contributed by atoms with Gasteiger partial charge in [0.1, 0.15) is 5.69 Å². The number of nitrogens with one attached hydrogen (secondary N) is 2. The van der Waals surface area contributed by atoms with Crippen LogP contribution in [0.1, 0.15) is 36.3 Å². The molecule has 0 fully saturated rings. The van der Waals surface area contributed by atoms with Crippen molar-refractivity contribution in [3.63, 3.8) is 0 Å². The zero-order valence-corrected chi connectivity index (χ0v) is 20.7. The van der Waals surface area contributed by atoms with Gasteiger partial charge in [0.05, 0.1) is 24.8 Å². The zero-order chi connectivity index (χ0) is 26.7. The standard InChI is InChI=1S/C26H30N4O7/c1-3-35-25(34)37-17-36-24(33)26(2,16-31)14-21(28-23(32)22-15-27-30-29-22)13-18-9-11-20(12-10-18)19-7-5-4-6-8-19/h4-12,15,21,31H,3,13-14,16-17H2,1-2H3,(H,28,32)(H,27,29,30). The molecule has 1 heterocycles. The van der Waals surface area contributed by atoms with E-state index in [1.54, 1.807) is 6.92 Å². The molecule has 3 rings (SSSR count). The zero-order valence-electron chi connectivity index (χ0n) is 20.7. The third kappa shape index (κ3) is 7.87. The van der Waals surface area contributed by atoms with Crippen molar-refractivity contribution in [2.45, 2.75) is 32.7 Å². The van der Waals surface area contributed by atoms with Crippen LogP contribution in [0.15, 0.2) is 60.8 Å². The van der Waals surface area contributed by atoms with Gasteiger partial charge in [0.25, 0.3) is 5.91 Å². The minimum Gasteiger partial charge on any atom is -0.435 e. The number of carbonyl (C=O) groups is 3. The van der Waals surface area contributed by atoms with E-state index < -0.39 is 42.9 Å². The molecule has 2 aromatic carbocycles. The lowest BCUT2D eigenvalue weighted by molar-refractivity contribution is -0.168. The van der Waals surface area contributed by atoms with Gasteiger partial charge in [0.15, 0.2) is 0 Å². The molecule has 3 N–H and O–H groups in total. The van der Waals surface area contributed by atoms with Crippen LogP contribution in [0.25, 0.3) is 11.1 Å². The molecule has 0 aliphatic rings. The number of aromatic amines is 1. The molecule has 1 amide bonds. The van der Waals surface area contributed by atoms with Gasteiger partial charge in [-0.1, -0.05) is 59.8 Å². The number of ether oxygens (including phenoxy) is 3. The first kappa shape index (κ1) is 27.3. The fourth-order valence-corrected chi connectivity index (χ4v) is 3.71. The lowest BCUT2D eigenvalue weighted by atomic mass is 9.82. The molecule has 37 heavy (non-hydrogen) atoms. The molecule has 11 heteroatoms. The number of esters is 1. The summed E-state index contributed by atoms with van der Waals surface area (Å²) in [5, 5.41) is 22.6. The molecule has 0 aliphatic carbocycles. The molecule has 0 saturated heterocycles. The predicted octanol–water partition coefficient (Wildman–Crippen LogP) is 2.88. The average molecular weight is 511 g/mol. The molecule has 11 nitrogen and oxygen atoms in total. The number of aliphatic hydroxyl groups is 1. The maximum atomic E-state index is 12.8. The second-order valence-corrected chi connectivity index (χ2v) is 8.61. The highest BCUT2D eigenvalue weighted by atomic mass is 16.8. The SMILES string of the molecule is CCOC(=O)OCOC(=O)C(C)(CO)CC(Cc1ccc(-c2ccccc2)cc1)NC(=O)c1cnn[nH]1. The van der Waals surface area contributed by atoms with Crippen molar-refractivity contribution in [2.75, 3.05) is 20.0 Å². The van der Waals surface area contributed by atoms with E-state index in [2.05, 4.69) is 30.2 Å². The van der Waals surface area contributed by atoms with Crippen molar-refractivity contribution in [3.8, 4) is 11.1 Å². The minimum absolute atomic E-state index is 0.0372. The molecule has 3 aromatic rings. The van der Waals surface area contributed by atoms with E-state index in [-0.39, 0.29) is 18.7 Å². The maximum Gasteiger partial charge on any atom is 0.511 e. The quantitative estimate of drug-likeness (QED) is 0.247. The van der Waals surface area contributed by atoms with Gasteiger partial charge in [0, 0.05) is 6.04 Å². The van der Waals surface area contributed by atoms with Crippen LogP contribution in [0, 0.1) is 5.41 Å². The number of carbonyl (C=O) groups excluding carboxylic acids is 3. The number of H-pyrrole nitrogens is 1. The minimum atomic E-state index is -1.40. The van der Waals surface area contributed by atoms with Crippen LogP contribution < -0.4 is 5.32 Å². The van der Waals surface area contributed by atoms with Crippen LogP contribution in [0.2, 0.25) is 0 Å². The summed E-state index contributed by atoms with van der Waals surface area (Å²) >= 11 is 0. The second kappa shape index (κ2) is 13.2. The lowest BCUT2D eigenvalue weighted by Gasteiger charge is -2.30. The van der Waals surface area contributed by atoms with Gasteiger partial charge in [0.2, 0.25) is 6.79 Å². The van der Waals surface area contributed by atoms with Crippen molar-refractivity contribution < 1.29 is 33.7 Å². The second-order valence-electron chi connectivity index (χ2n) is 8.61. The van der Waals surface area contributed by atoms with Gasteiger partial charge in [-0.15, -0.1) is 5.10 Å². The Bertz CT molecular complexity index is 1150. The number of hydrogen-bond acceptors (Lipinski definition) is 9. The van der Waals surface area contributed by atoms with Gasteiger partial charge in [-0.2, -0.15) is 0 Å². The molecule has 2 atom stereocenters. The summed E-state index contributed by atoms with van der Waals surface area (Å²) in [4.78, 5) is 36.8. The maximum absolute atomic E-state index is 12.8. The number of benzene rings is 2. The Hall–Kier alpha value is -4.25. The number of amides is 1. The normalized spacial score (nSPS) is 13.2. The first-order chi connectivity index (χ1) is 17.8. The smallest absolute Gasteiger partial charge is 0.435 e. The van der Waals surface area contributed by atoms with E-state index in [0.29, 0.717) is 6.42 Å². The highest BCUT2D eigenvalue weighted by Crippen LogP contribution is 2.27. The van der Waals surface area contributed by atoms with E-state index in [1.807, 2.05) is 54.6 Å². The third-order valence-electron chi connectivity index (χ3n) is 5.71. The van der Waals surface area contributed by atoms with E-state index >= 15 is 0 Å². The van der Waals surface area contributed by atoms with Crippen LogP contribution in [-0.4, -0.2) is 64.6 Å². The topological polar surface area (TPSA) is 153 Å². The molecule has 1 aromatic heterocycles. The highest BCUT2D eigenvalue weighted by Gasteiger charge is 2.38. The summed E-state index contributed by atoms with van der Waals surface area (Å²) < 4.78 is 14.3. The number of aromatic nitrogens is 3. The Morgan fingerprint density at radius 2 is 1.73 bits per heavy atom. The van der Waals surface area contributed by atoms with Crippen molar-refractivity contribution >= 4 is 18.0 Å². The van der Waals surface area contributed by atoms with Crippen LogP contribution in [0.5, 0.6) is 0 Å². The van der Waals surface area contributed by atoms with Gasteiger partial charge in [-0.25, -0.2) is 4.79 Å². The average Bonchev–Trinajstić information content (AvgIpc) is 3.45. The number of hydrogen-bond donors (Lipinski definition) is 3. The Morgan fingerprint density at radius 1 is 1.03 bits per heavy atom. The highest BCUT2D eigenvalue weighted by molar-refractivity contribution is 5.92. The molecule has 0 spiro atoms. The molecular weight excluding hydrogens is 480 g/mol. The van der Waals surface area contributed by atoms with E-state index in [0.717, 1.165) is 16.7 Å². The van der Waals surface area contributed by atoms with Crippen LogP contribution in [0.4, 0.5) is 4.79 Å². The molecule has 2 unspecified atom stereocenters. The molecular formula is C26H30N4O7.